The number of ether oxygens (including phenoxy) is 1. The first-order chi connectivity index (χ1) is 13.9. The molecule has 4 fully saturated rings. The Hall–Kier alpha value is -2.77. The molecule has 1 heterocycles. The van der Waals surface area contributed by atoms with E-state index in [9.17, 15) is 9.59 Å². The van der Waals surface area contributed by atoms with E-state index in [2.05, 4.69) is 20.7 Å². The van der Waals surface area contributed by atoms with E-state index < -0.39 is 5.41 Å². The molecule has 2 aromatic rings. The van der Waals surface area contributed by atoms with Crippen molar-refractivity contribution in [3.8, 4) is 0 Å². The van der Waals surface area contributed by atoms with Gasteiger partial charge in [0.2, 0.25) is 5.91 Å². The predicted molar refractivity (Wildman–Crippen MR) is 104 cm³/mol. The minimum atomic E-state index is -0.396. The summed E-state index contributed by atoms with van der Waals surface area (Å²) in [5.41, 5.74) is 0.568. The maximum atomic E-state index is 13.5. The molecule has 0 radical (unpaired) electrons. The number of nitrogens with zero attached hydrogens (tertiary/aromatic N) is 4. The first kappa shape index (κ1) is 18.3. The number of carbonyl (C=O) groups excluding carboxylic acids is 2. The third-order valence-corrected chi connectivity index (χ3v) is 7.01. The SMILES string of the molecule is COC(=O)c1ccc(NC(=O)C23C[C@H]4C[C@@H](C2)CC(n2nnc(C)n2)(C4)C3)cc1. The highest BCUT2D eigenvalue weighted by Gasteiger charge is 2.62. The Kier molecular flexibility index (Phi) is 4.01. The minimum Gasteiger partial charge on any atom is -0.465 e. The van der Waals surface area contributed by atoms with Crippen molar-refractivity contribution >= 4 is 17.6 Å². The number of amides is 1. The fourth-order valence-corrected chi connectivity index (χ4v) is 6.27. The van der Waals surface area contributed by atoms with E-state index >= 15 is 0 Å². The summed E-state index contributed by atoms with van der Waals surface area (Å²) in [5.74, 6) is 1.40. The lowest BCUT2D eigenvalue weighted by atomic mass is 9.46. The number of methoxy groups -OCH3 is 1. The van der Waals surface area contributed by atoms with Crippen LogP contribution in [0.3, 0.4) is 0 Å². The Balaban J connectivity index is 1.40. The number of rotatable bonds is 4. The van der Waals surface area contributed by atoms with Gasteiger partial charge in [0.25, 0.3) is 0 Å². The Morgan fingerprint density at radius 1 is 1.14 bits per heavy atom. The zero-order valence-electron chi connectivity index (χ0n) is 16.7. The Bertz CT molecular complexity index is 953. The van der Waals surface area contributed by atoms with Crippen molar-refractivity contribution in [1.82, 2.24) is 20.2 Å². The molecule has 1 amide bonds. The van der Waals surface area contributed by atoms with Gasteiger partial charge in [-0.3, -0.25) is 4.79 Å². The minimum absolute atomic E-state index is 0.0682. The number of hydrogen-bond acceptors (Lipinski definition) is 6. The third kappa shape index (κ3) is 2.92. The average molecular weight is 395 g/mol. The molecule has 0 spiro atoms. The van der Waals surface area contributed by atoms with Gasteiger partial charge in [-0.1, -0.05) is 0 Å². The Morgan fingerprint density at radius 3 is 2.41 bits per heavy atom. The molecular formula is C21H25N5O3. The van der Waals surface area contributed by atoms with E-state index in [0.29, 0.717) is 28.9 Å². The van der Waals surface area contributed by atoms with E-state index in [1.807, 2.05) is 6.92 Å². The summed E-state index contributed by atoms with van der Waals surface area (Å²) in [6.45, 7) is 1.85. The van der Waals surface area contributed by atoms with Crippen LogP contribution in [0, 0.1) is 24.2 Å². The Morgan fingerprint density at radius 2 is 1.83 bits per heavy atom. The van der Waals surface area contributed by atoms with Crippen LogP contribution in [0.2, 0.25) is 0 Å². The van der Waals surface area contributed by atoms with Gasteiger partial charge in [0.15, 0.2) is 5.82 Å². The van der Waals surface area contributed by atoms with Crippen LogP contribution in [-0.4, -0.2) is 39.2 Å². The van der Waals surface area contributed by atoms with Crippen molar-refractivity contribution in [2.45, 2.75) is 51.0 Å². The number of benzene rings is 1. The van der Waals surface area contributed by atoms with E-state index in [4.69, 9.17) is 4.74 Å². The summed E-state index contributed by atoms with van der Waals surface area (Å²) in [6.07, 6.45) is 5.85. The van der Waals surface area contributed by atoms with Gasteiger partial charge in [-0.15, -0.1) is 10.2 Å². The van der Waals surface area contributed by atoms with Gasteiger partial charge in [0.05, 0.1) is 23.6 Å². The van der Waals surface area contributed by atoms with Crippen molar-refractivity contribution in [3.05, 3.63) is 35.7 Å². The van der Waals surface area contributed by atoms with E-state index in [1.165, 1.54) is 13.5 Å². The summed E-state index contributed by atoms with van der Waals surface area (Å²) >= 11 is 0. The van der Waals surface area contributed by atoms with Gasteiger partial charge < -0.3 is 10.1 Å². The second-order valence-electron chi connectivity index (χ2n) is 9.11. The molecule has 4 bridgehead atoms. The van der Waals surface area contributed by atoms with Crippen LogP contribution in [0.5, 0.6) is 0 Å². The monoisotopic (exact) mass is 395 g/mol. The second kappa shape index (κ2) is 6.37. The summed E-state index contributed by atoms with van der Waals surface area (Å²) in [5, 5.41) is 16.0. The normalized spacial score (nSPS) is 32.2. The molecule has 8 nitrogen and oxygen atoms in total. The zero-order chi connectivity index (χ0) is 20.2. The summed E-state index contributed by atoms with van der Waals surface area (Å²) < 4.78 is 4.73. The van der Waals surface area contributed by atoms with Crippen LogP contribution in [0.25, 0.3) is 0 Å². The summed E-state index contributed by atoms with van der Waals surface area (Å²) in [6, 6.07) is 6.85. The number of aryl methyl sites for hydroxylation is 1. The van der Waals surface area contributed by atoms with Crippen molar-refractivity contribution < 1.29 is 14.3 Å². The number of anilines is 1. The van der Waals surface area contributed by atoms with Crippen LogP contribution in [-0.2, 0) is 15.1 Å². The Labute approximate surface area is 169 Å². The lowest BCUT2D eigenvalue weighted by molar-refractivity contribution is -0.152. The molecule has 4 aliphatic carbocycles. The molecule has 0 saturated heterocycles. The van der Waals surface area contributed by atoms with Crippen LogP contribution in [0.4, 0.5) is 5.69 Å². The van der Waals surface area contributed by atoms with Crippen LogP contribution in [0.1, 0.15) is 54.7 Å². The number of aromatic nitrogens is 4. The predicted octanol–water partition coefficient (Wildman–Crippen LogP) is 2.70. The highest BCUT2D eigenvalue weighted by Crippen LogP contribution is 2.64. The fourth-order valence-electron chi connectivity index (χ4n) is 6.27. The van der Waals surface area contributed by atoms with Crippen LogP contribution < -0.4 is 5.32 Å². The van der Waals surface area contributed by atoms with Crippen molar-refractivity contribution in [2.75, 3.05) is 12.4 Å². The topological polar surface area (TPSA) is 99.0 Å². The summed E-state index contributed by atoms with van der Waals surface area (Å²) in [4.78, 5) is 26.9. The van der Waals surface area contributed by atoms with E-state index in [0.717, 1.165) is 32.1 Å². The molecule has 1 N–H and O–H groups in total. The summed E-state index contributed by atoms with van der Waals surface area (Å²) in [7, 11) is 1.35. The molecular weight excluding hydrogens is 370 g/mol. The number of esters is 1. The van der Waals surface area contributed by atoms with Gasteiger partial charge in [-0.2, -0.15) is 4.80 Å². The second-order valence-corrected chi connectivity index (χ2v) is 9.11. The molecule has 4 atom stereocenters. The van der Waals surface area contributed by atoms with Gasteiger partial charge in [0.1, 0.15) is 0 Å². The van der Waals surface area contributed by atoms with Gasteiger partial charge in [-0.25, -0.2) is 4.79 Å². The van der Waals surface area contributed by atoms with Crippen LogP contribution in [0.15, 0.2) is 24.3 Å². The number of hydrogen-bond donors (Lipinski definition) is 1. The van der Waals surface area contributed by atoms with Crippen molar-refractivity contribution in [2.24, 2.45) is 17.3 Å². The van der Waals surface area contributed by atoms with Gasteiger partial charge in [0, 0.05) is 5.69 Å². The highest BCUT2D eigenvalue weighted by molar-refractivity contribution is 5.96. The maximum absolute atomic E-state index is 13.5. The molecule has 152 valence electrons. The van der Waals surface area contributed by atoms with Crippen LogP contribution >= 0.6 is 0 Å². The lowest BCUT2D eigenvalue weighted by Crippen LogP contribution is -2.60. The smallest absolute Gasteiger partial charge is 0.337 e. The molecule has 1 aromatic heterocycles. The molecule has 29 heavy (non-hydrogen) atoms. The van der Waals surface area contributed by atoms with E-state index in [-0.39, 0.29) is 17.4 Å². The highest BCUT2D eigenvalue weighted by atomic mass is 16.5. The fraction of sp³-hybridized carbons (Fsp3) is 0.571. The van der Waals surface area contributed by atoms with E-state index in [1.54, 1.807) is 29.1 Å². The number of nitrogens with one attached hydrogen (secondary N) is 1. The molecule has 0 aliphatic heterocycles. The molecule has 2 unspecified atom stereocenters. The average Bonchev–Trinajstić information content (AvgIpc) is 3.14. The maximum Gasteiger partial charge on any atom is 0.337 e. The molecule has 8 heteroatoms. The van der Waals surface area contributed by atoms with Gasteiger partial charge >= 0.3 is 5.97 Å². The molecule has 1 aromatic carbocycles. The molecule has 4 saturated carbocycles. The lowest BCUT2D eigenvalue weighted by Gasteiger charge is -2.60. The number of tetrazole rings is 1. The standard InChI is InChI=1S/C21H25N5O3/c1-13-23-25-26(24-13)21-10-14-7-15(11-21)9-20(8-14,12-21)19(28)22-17-5-3-16(4-6-17)18(27)29-2/h3-6,14-15H,7-12H2,1-2H3,(H,22,28)/t14-,15+,20?,21?. The number of carbonyl (C=O) groups is 2. The third-order valence-electron chi connectivity index (χ3n) is 7.01. The van der Waals surface area contributed by atoms with Crippen molar-refractivity contribution in [1.29, 1.82) is 0 Å². The molecule has 4 aliphatic rings. The van der Waals surface area contributed by atoms with Crippen molar-refractivity contribution in [3.63, 3.8) is 0 Å². The zero-order valence-corrected chi connectivity index (χ0v) is 16.7. The largest absolute Gasteiger partial charge is 0.465 e. The quantitative estimate of drug-likeness (QED) is 0.799. The molecule has 6 rings (SSSR count). The van der Waals surface area contributed by atoms with Gasteiger partial charge in [-0.05, 0) is 86.8 Å². The first-order valence-corrected chi connectivity index (χ1v) is 10.2. The first-order valence-electron chi connectivity index (χ1n) is 10.2.